The van der Waals surface area contributed by atoms with Crippen molar-refractivity contribution in [2.45, 2.75) is 25.7 Å². The molecule has 0 aromatic heterocycles. The second-order valence-corrected chi connectivity index (χ2v) is 5.89. The van der Waals surface area contributed by atoms with E-state index in [-0.39, 0.29) is 11.9 Å². The Morgan fingerprint density at radius 1 is 1.08 bits per heavy atom. The second kappa shape index (κ2) is 7.64. The molecule has 2 aromatic rings. The highest BCUT2D eigenvalue weighted by Crippen LogP contribution is 2.25. The van der Waals surface area contributed by atoms with Crippen LogP contribution in [0.3, 0.4) is 0 Å². The van der Waals surface area contributed by atoms with Crippen LogP contribution in [-0.2, 0) is 17.6 Å². The summed E-state index contributed by atoms with van der Waals surface area (Å²) in [4.78, 5) is 23.3. The van der Waals surface area contributed by atoms with Crippen LogP contribution in [0.2, 0.25) is 0 Å². The van der Waals surface area contributed by atoms with Crippen LogP contribution in [0, 0.1) is 0 Å². The minimum atomic E-state index is -0.206. The number of benzene rings is 2. The molecule has 3 rings (SSSR count). The first-order chi connectivity index (χ1) is 11.7. The Morgan fingerprint density at radius 3 is 2.75 bits per heavy atom. The van der Waals surface area contributed by atoms with Crippen LogP contribution in [0.5, 0.6) is 0 Å². The lowest BCUT2D eigenvalue weighted by molar-refractivity contribution is -0.116. The maximum atomic E-state index is 12.0. The number of amides is 3. The molecule has 0 bridgehead atoms. The monoisotopic (exact) mass is 323 g/mol. The van der Waals surface area contributed by atoms with Crippen molar-refractivity contribution in [2.75, 3.05) is 17.2 Å². The van der Waals surface area contributed by atoms with E-state index < -0.39 is 0 Å². The van der Waals surface area contributed by atoms with Crippen molar-refractivity contribution in [2.24, 2.45) is 0 Å². The summed E-state index contributed by atoms with van der Waals surface area (Å²) in [5, 5.41) is 8.54. The molecule has 24 heavy (non-hydrogen) atoms. The highest BCUT2D eigenvalue weighted by Gasteiger charge is 2.15. The second-order valence-electron chi connectivity index (χ2n) is 5.89. The van der Waals surface area contributed by atoms with Crippen LogP contribution < -0.4 is 16.0 Å². The van der Waals surface area contributed by atoms with Crippen molar-refractivity contribution in [1.29, 1.82) is 0 Å². The molecule has 5 nitrogen and oxygen atoms in total. The number of fused-ring (bicyclic) bond motifs is 1. The first-order valence-electron chi connectivity index (χ1n) is 8.22. The Balaban J connectivity index is 1.44. The van der Waals surface area contributed by atoms with Crippen LogP contribution in [0.15, 0.2) is 48.5 Å². The van der Waals surface area contributed by atoms with Gasteiger partial charge in [0.25, 0.3) is 0 Å². The van der Waals surface area contributed by atoms with E-state index in [9.17, 15) is 9.59 Å². The summed E-state index contributed by atoms with van der Waals surface area (Å²) in [6.07, 6.45) is 3.03. The zero-order valence-electron chi connectivity index (χ0n) is 13.5. The largest absolute Gasteiger partial charge is 0.338 e. The van der Waals surface area contributed by atoms with Gasteiger partial charge in [-0.05, 0) is 48.6 Å². The summed E-state index contributed by atoms with van der Waals surface area (Å²) in [7, 11) is 0. The smallest absolute Gasteiger partial charge is 0.319 e. The molecule has 124 valence electrons. The minimum absolute atomic E-state index is 0.0411. The summed E-state index contributed by atoms with van der Waals surface area (Å²) in [5.74, 6) is 0.0411. The molecule has 0 fully saturated rings. The normalized spacial score (nSPS) is 12.9. The number of nitrogens with one attached hydrogen (secondary N) is 3. The molecule has 0 spiro atoms. The van der Waals surface area contributed by atoms with Gasteiger partial charge in [0, 0.05) is 24.3 Å². The van der Waals surface area contributed by atoms with E-state index in [0.717, 1.165) is 29.8 Å². The van der Waals surface area contributed by atoms with Gasteiger partial charge in [0.1, 0.15) is 0 Å². The van der Waals surface area contributed by atoms with Gasteiger partial charge in [-0.1, -0.05) is 30.3 Å². The molecule has 0 atom stereocenters. The van der Waals surface area contributed by atoms with Gasteiger partial charge in [-0.2, -0.15) is 0 Å². The van der Waals surface area contributed by atoms with E-state index in [0.29, 0.717) is 19.4 Å². The number of carbonyl (C=O) groups excluding carboxylic acids is 2. The molecule has 3 N–H and O–H groups in total. The third kappa shape index (κ3) is 4.35. The molecule has 0 saturated heterocycles. The fourth-order valence-electron chi connectivity index (χ4n) is 2.78. The van der Waals surface area contributed by atoms with Crippen molar-refractivity contribution in [1.82, 2.24) is 5.32 Å². The topological polar surface area (TPSA) is 70.2 Å². The quantitative estimate of drug-likeness (QED) is 0.739. The Kier molecular flexibility index (Phi) is 5.11. The molecule has 1 aliphatic heterocycles. The molecule has 0 saturated carbocycles. The van der Waals surface area contributed by atoms with Crippen molar-refractivity contribution in [3.63, 3.8) is 0 Å². The van der Waals surface area contributed by atoms with Gasteiger partial charge in [-0.25, -0.2) is 4.79 Å². The van der Waals surface area contributed by atoms with E-state index >= 15 is 0 Å². The van der Waals surface area contributed by atoms with Crippen LogP contribution in [0.1, 0.15) is 24.0 Å². The van der Waals surface area contributed by atoms with Crippen molar-refractivity contribution in [3.8, 4) is 0 Å². The van der Waals surface area contributed by atoms with Gasteiger partial charge in [0.2, 0.25) is 5.91 Å². The average Bonchev–Trinajstić information content (AvgIpc) is 2.60. The first-order valence-corrected chi connectivity index (χ1v) is 8.22. The zero-order chi connectivity index (χ0) is 16.8. The van der Waals surface area contributed by atoms with Gasteiger partial charge >= 0.3 is 6.03 Å². The number of hydrogen-bond acceptors (Lipinski definition) is 2. The summed E-state index contributed by atoms with van der Waals surface area (Å²) in [6.45, 7) is 0.627. The van der Waals surface area contributed by atoms with E-state index in [4.69, 9.17) is 0 Å². The van der Waals surface area contributed by atoms with E-state index in [1.54, 1.807) is 6.07 Å². The molecule has 1 heterocycles. The molecule has 5 heteroatoms. The third-order valence-corrected chi connectivity index (χ3v) is 4.03. The summed E-state index contributed by atoms with van der Waals surface area (Å²) >= 11 is 0. The lowest BCUT2D eigenvalue weighted by atomic mass is 10.0. The van der Waals surface area contributed by atoms with Crippen LogP contribution in [-0.4, -0.2) is 18.5 Å². The maximum Gasteiger partial charge on any atom is 0.319 e. The van der Waals surface area contributed by atoms with Crippen molar-refractivity contribution in [3.05, 3.63) is 59.7 Å². The standard InChI is InChI=1S/C19H21N3O2/c23-18-11-8-15-13-16(9-10-17(15)22-18)21-19(24)20-12-4-7-14-5-2-1-3-6-14/h1-3,5-6,9-10,13H,4,7-8,11-12H2,(H,22,23)(H2,20,21,24). The van der Waals surface area contributed by atoms with Crippen molar-refractivity contribution >= 4 is 23.3 Å². The van der Waals surface area contributed by atoms with Crippen LogP contribution in [0.4, 0.5) is 16.2 Å². The van der Waals surface area contributed by atoms with Gasteiger partial charge in [-0.3, -0.25) is 4.79 Å². The zero-order valence-corrected chi connectivity index (χ0v) is 13.5. The third-order valence-electron chi connectivity index (χ3n) is 4.03. The number of urea groups is 1. The fraction of sp³-hybridized carbons (Fsp3) is 0.263. The van der Waals surface area contributed by atoms with Crippen LogP contribution >= 0.6 is 0 Å². The molecule has 0 unspecified atom stereocenters. The number of hydrogen-bond donors (Lipinski definition) is 3. The van der Waals surface area contributed by atoms with Crippen molar-refractivity contribution < 1.29 is 9.59 Å². The molecular weight excluding hydrogens is 302 g/mol. The van der Waals surface area contributed by atoms with Gasteiger partial charge in [0.05, 0.1) is 0 Å². The van der Waals surface area contributed by atoms with Gasteiger partial charge < -0.3 is 16.0 Å². The highest BCUT2D eigenvalue weighted by molar-refractivity contribution is 5.95. The number of aryl methyl sites for hydroxylation is 2. The van der Waals surface area contributed by atoms with Gasteiger partial charge in [0.15, 0.2) is 0 Å². The molecular formula is C19H21N3O2. The first kappa shape index (κ1) is 16.1. The number of carbonyl (C=O) groups is 2. The summed E-state index contributed by atoms with van der Waals surface area (Å²) in [6, 6.07) is 15.6. The Bertz CT molecular complexity index is 729. The predicted molar refractivity (Wildman–Crippen MR) is 95.2 cm³/mol. The fourth-order valence-corrected chi connectivity index (χ4v) is 2.78. The van der Waals surface area contributed by atoms with Gasteiger partial charge in [-0.15, -0.1) is 0 Å². The SMILES string of the molecule is O=C1CCc2cc(NC(=O)NCCCc3ccccc3)ccc2N1. The van der Waals surface area contributed by atoms with E-state index in [1.165, 1.54) is 5.56 Å². The highest BCUT2D eigenvalue weighted by atomic mass is 16.2. The molecule has 0 radical (unpaired) electrons. The number of anilines is 2. The summed E-state index contributed by atoms with van der Waals surface area (Å²) < 4.78 is 0. The molecule has 2 aromatic carbocycles. The predicted octanol–water partition coefficient (Wildman–Crippen LogP) is 3.33. The van der Waals surface area contributed by atoms with E-state index in [2.05, 4.69) is 28.1 Å². The van der Waals surface area contributed by atoms with Crippen LogP contribution in [0.25, 0.3) is 0 Å². The molecule has 1 aliphatic rings. The summed E-state index contributed by atoms with van der Waals surface area (Å²) in [5.41, 5.74) is 3.90. The lowest BCUT2D eigenvalue weighted by Crippen LogP contribution is -2.30. The molecule has 3 amide bonds. The molecule has 0 aliphatic carbocycles. The maximum absolute atomic E-state index is 12.0. The van der Waals surface area contributed by atoms with E-state index in [1.807, 2.05) is 30.3 Å². The number of rotatable bonds is 5. The lowest BCUT2D eigenvalue weighted by Gasteiger charge is -2.17. The Labute approximate surface area is 141 Å². The Hall–Kier alpha value is -2.82. The minimum Gasteiger partial charge on any atom is -0.338 e. The Morgan fingerprint density at radius 2 is 1.92 bits per heavy atom. The average molecular weight is 323 g/mol.